The van der Waals surface area contributed by atoms with E-state index in [-0.39, 0.29) is 60.1 Å². The molecule has 0 saturated carbocycles. The number of hydrogen-bond acceptors (Lipinski definition) is 16. The van der Waals surface area contributed by atoms with Crippen molar-refractivity contribution in [2.45, 2.75) is 231 Å². The zero-order valence-electron chi connectivity index (χ0n) is 41.8. The Balaban J connectivity index is 1.37. The fourth-order valence-corrected chi connectivity index (χ4v) is 11.4. The normalized spacial score (nSPS) is 26.3. The predicted octanol–water partition coefficient (Wildman–Crippen LogP) is 6.59. The molecule has 2 N–H and O–H groups in total. The van der Waals surface area contributed by atoms with Crippen LogP contribution in [0.1, 0.15) is 162 Å². The van der Waals surface area contributed by atoms with E-state index in [9.17, 15) is 20.8 Å². The Morgan fingerprint density at radius 3 is 0.891 bits per heavy atom. The number of hydrogen-bond donors (Lipinski definition) is 2. The van der Waals surface area contributed by atoms with Gasteiger partial charge in [-0.3, -0.25) is 10.0 Å². The summed E-state index contributed by atoms with van der Waals surface area (Å²) in [6, 6.07) is -0.135. The monoisotopic (exact) mass is 897 g/mol. The number of hydroxylamine groups is 8. The van der Waals surface area contributed by atoms with Gasteiger partial charge in [-0.1, -0.05) is 0 Å². The second-order valence-electron chi connectivity index (χ2n) is 24.0. The Morgan fingerprint density at radius 1 is 0.406 bits per heavy atom. The lowest BCUT2D eigenvalue weighted by atomic mass is 9.79. The molecule has 0 aliphatic carbocycles. The van der Waals surface area contributed by atoms with Crippen LogP contribution in [0.15, 0.2) is 0 Å². The molecule has 0 spiro atoms. The molecule has 4 radical (unpaired) electrons. The van der Waals surface area contributed by atoms with Gasteiger partial charge in [0.1, 0.15) is 12.2 Å². The molecular weight excluding hydrogens is 821 g/mol. The van der Waals surface area contributed by atoms with E-state index in [1.807, 2.05) is 111 Å². The van der Waals surface area contributed by atoms with Crippen LogP contribution in [-0.4, -0.2) is 133 Å². The van der Waals surface area contributed by atoms with Crippen molar-refractivity contribution in [3.8, 4) is 12.0 Å². The zero-order valence-corrected chi connectivity index (χ0v) is 41.8. The van der Waals surface area contributed by atoms with Crippen LogP contribution in [0.5, 0.6) is 12.0 Å². The molecule has 6 rings (SSSR count). The van der Waals surface area contributed by atoms with Crippen molar-refractivity contribution in [1.29, 1.82) is 0 Å². The highest BCUT2D eigenvalue weighted by molar-refractivity contribution is 5.48. The largest absolute Gasteiger partial charge is 0.460 e. The van der Waals surface area contributed by atoms with Crippen molar-refractivity contribution in [2.24, 2.45) is 0 Å². The molecule has 0 unspecified atom stereocenters. The van der Waals surface area contributed by atoms with Gasteiger partial charge in [-0.05, 0) is 136 Å². The summed E-state index contributed by atoms with van der Waals surface area (Å²) in [5, 5.41) is 68.1. The van der Waals surface area contributed by atoms with Crippen molar-refractivity contribution in [2.75, 3.05) is 34.7 Å². The van der Waals surface area contributed by atoms with Gasteiger partial charge in [0.2, 0.25) is 11.9 Å². The van der Waals surface area contributed by atoms with Gasteiger partial charge in [0.05, 0.1) is 0 Å². The van der Waals surface area contributed by atoms with Crippen LogP contribution in [0.2, 0.25) is 0 Å². The molecule has 0 amide bonds. The van der Waals surface area contributed by atoms with Crippen LogP contribution in [0, 0.1) is 0 Å². The summed E-state index contributed by atoms with van der Waals surface area (Å²) in [5.41, 5.74) is -5.34. The van der Waals surface area contributed by atoms with Crippen LogP contribution in [0.4, 0.5) is 23.8 Å². The number of ether oxygens (including phenoxy) is 2. The summed E-state index contributed by atoms with van der Waals surface area (Å²) >= 11 is 0. The van der Waals surface area contributed by atoms with Crippen molar-refractivity contribution in [1.82, 2.24) is 50.2 Å². The lowest BCUT2D eigenvalue weighted by Crippen LogP contribution is -2.60. The molecule has 20 heteroatoms. The van der Waals surface area contributed by atoms with E-state index in [0.717, 1.165) is 10.1 Å². The Kier molecular flexibility index (Phi) is 13.0. The number of nitrogens with one attached hydrogen (secondary N) is 2. The first kappa shape index (κ1) is 49.9. The maximum absolute atomic E-state index is 13.3. The van der Waals surface area contributed by atoms with Crippen molar-refractivity contribution < 1.29 is 30.3 Å². The predicted molar refractivity (Wildman–Crippen MR) is 240 cm³/mol. The molecular formula is C44H76N14O6. The Morgan fingerprint density at radius 2 is 0.641 bits per heavy atom. The average Bonchev–Trinajstić information content (AvgIpc) is 3.12. The Bertz CT molecular complexity index is 1660. The first-order valence-electron chi connectivity index (χ1n) is 22.8. The Labute approximate surface area is 380 Å². The second kappa shape index (κ2) is 16.7. The summed E-state index contributed by atoms with van der Waals surface area (Å²) < 4.78 is 13.2. The van der Waals surface area contributed by atoms with E-state index in [4.69, 9.17) is 39.4 Å². The summed E-state index contributed by atoms with van der Waals surface area (Å²) in [7, 11) is 3.54. The molecule has 2 aromatic rings. The van der Waals surface area contributed by atoms with E-state index in [1.54, 1.807) is 24.1 Å². The van der Waals surface area contributed by atoms with Gasteiger partial charge in [-0.15, -0.1) is 41.1 Å². The van der Waals surface area contributed by atoms with E-state index < -0.39 is 44.3 Å². The molecule has 358 valence electrons. The molecule has 64 heavy (non-hydrogen) atoms. The fraction of sp³-hybridized carbons (Fsp3) is 0.864. The summed E-state index contributed by atoms with van der Waals surface area (Å²) in [5.74, 6) is 0.958. The standard InChI is InChI=1S/C44H76N14O6/c1-37(2)19-27(20-38(3,4)55(37)59)45-31-47-33(51-35(49-31)63-29-23-41(9,10)57(61)42(11,12)24-29)53(17)54(18)34-48-32(46-28-21-39(5,6)56(60)40(7,8)22-28)50-36(52-34)64-30-25-43(13,14)58(62)44(15,16)26-30/h27-30H,19-26H2,1-18H3,(H,45,47,49,51)(H,46,48,50,52). The number of hydrazine groups is 1. The first-order chi connectivity index (χ1) is 29.0. The van der Waals surface area contributed by atoms with Gasteiger partial charge >= 0.3 is 12.0 Å². The number of nitrogens with zero attached hydrogens (tertiary/aromatic N) is 12. The van der Waals surface area contributed by atoms with Crippen molar-refractivity contribution >= 4 is 23.8 Å². The van der Waals surface area contributed by atoms with Gasteiger partial charge in [0, 0.05) is 96.2 Å². The van der Waals surface area contributed by atoms with Gasteiger partial charge in [0.15, 0.2) is 0 Å². The van der Waals surface area contributed by atoms with E-state index in [0.29, 0.717) is 51.4 Å². The van der Waals surface area contributed by atoms with Crippen molar-refractivity contribution in [3.63, 3.8) is 0 Å². The fourth-order valence-electron chi connectivity index (χ4n) is 11.4. The van der Waals surface area contributed by atoms with Crippen LogP contribution in [0.25, 0.3) is 0 Å². The van der Waals surface area contributed by atoms with Crippen LogP contribution >= 0.6 is 0 Å². The number of anilines is 4. The third kappa shape index (κ3) is 10.4. The third-order valence-corrected chi connectivity index (χ3v) is 13.7. The summed E-state index contributed by atoms with van der Waals surface area (Å²) in [4.78, 5) is 29.0. The lowest BCUT2D eigenvalue weighted by Gasteiger charge is -2.50. The van der Waals surface area contributed by atoms with E-state index in [1.165, 1.54) is 10.1 Å². The van der Waals surface area contributed by atoms with Gasteiger partial charge in [0.25, 0.3) is 11.9 Å². The molecule has 0 atom stereocenters. The molecule has 2 aromatic heterocycles. The smallest absolute Gasteiger partial charge is 0.323 e. The number of rotatable bonds is 11. The highest BCUT2D eigenvalue weighted by atomic mass is 16.5. The van der Waals surface area contributed by atoms with Gasteiger partial charge in [-0.2, -0.15) is 29.9 Å². The average molecular weight is 897 g/mol. The zero-order chi connectivity index (χ0) is 48.0. The maximum Gasteiger partial charge on any atom is 0.323 e. The number of piperidine rings is 4. The highest BCUT2D eigenvalue weighted by Crippen LogP contribution is 2.42. The number of aromatic nitrogens is 6. The molecule has 20 nitrogen and oxygen atoms in total. The molecule has 4 saturated heterocycles. The minimum atomic E-state index is -0.691. The minimum Gasteiger partial charge on any atom is -0.460 e. The van der Waals surface area contributed by atoms with Gasteiger partial charge in [-0.25, -0.2) is 0 Å². The molecule has 0 aromatic carbocycles. The lowest BCUT2D eigenvalue weighted by molar-refractivity contribution is -0.297. The van der Waals surface area contributed by atoms with Crippen LogP contribution in [0.3, 0.4) is 0 Å². The second-order valence-corrected chi connectivity index (χ2v) is 24.0. The van der Waals surface area contributed by atoms with E-state index >= 15 is 0 Å². The topological polar surface area (TPSA) is 219 Å². The van der Waals surface area contributed by atoms with E-state index in [2.05, 4.69) is 10.6 Å². The molecule has 6 heterocycles. The SMILES string of the molecule is CN(c1nc(NC2CC(C)(C)N([O])C(C)(C)C2)nc(OC2CC(C)(C)N([O])C(C)(C)C2)n1)N(C)c1nc(NC2CC(C)(C)N([O])C(C)(C)C2)nc(OC2CC(C)(C)N([O])C(C)(C)C2)n1. The van der Waals surface area contributed by atoms with Gasteiger partial charge < -0.3 is 20.1 Å². The Hall–Kier alpha value is -3.50. The minimum absolute atomic E-state index is 0.0791. The van der Waals surface area contributed by atoms with Crippen LogP contribution < -0.4 is 30.1 Å². The molecule has 0 bridgehead atoms. The first-order valence-corrected chi connectivity index (χ1v) is 22.8. The molecule has 4 fully saturated rings. The maximum atomic E-state index is 13.3. The van der Waals surface area contributed by atoms with Crippen molar-refractivity contribution in [3.05, 3.63) is 0 Å². The van der Waals surface area contributed by atoms with Crippen LogP contribution in [-0.2, 0) is 20.8 Å². The summed E-state index contributed by atoms with van der Waals surface area (Å²) in [6.07, 6.45) is 3.27. The third-order valence-electron chi connectivity index (χ3n) is 13.7. The highest BCUT2D eigenvalue weighted by Gasteiger charge is 2.50. The molecule has 4 aliphatic heterocycles. The summed E-state index contributed by atoms with van der Waals surface area (Å²) in [6.45, 7) is 30.8. The quantitative estimate of drug-likeness (QED) is 0.227. The molecule has 4 aliphatic rings.